The minimum atomic E-state index is -0.161. The second-order valence-electron chi connectivity index (χ2n) is 3.29. The molecule has 1 aromatic carbocycles. The Morgan fingerprint density at radius 2 is 2.25 bits per heavy atom. The zero-order valence-corrected chi connectivity index (χ0v) is 8.78. The summed E-state index contributed by atoms with van der Waals surface area (Å²) in [4.78, 5) is 15.0. The van der Waals surface area contributed by atoms with Crippen LogP contribution in [0.1, 0.15) is 5.56 Å². The molecule has 2 rings (SSSR count). The van der Waals surface area contributed by atoms with Gasteiger partial charge in [-0.2, -0.15) is 0 Å². The fourth-order valence-corrected chi connectivity index (χ4v) is 1.38. The van der Waals surface area contributed by atoms with Crippen LogP contribution in [0.15, 0.2) is 23.2 Å². The highest BCUT2D eigenvalue weighted by atomic mass is 16.5. The van der Waals surface area contributed by atoms with Crippen LogP contribution in [-0.4, -0.2) is 25.4 Å². The van der Waals surface area contributed by atoms with Gasteiger partial charge in [0.1, 0.15) is 18.1 Å². The van der Waals surface area contributed by atoms with Crippen molar-refractivity contribution in [3.05, 3.63) is 23.8 Å². The molecule has 0 saturated carbocycles. The molecule has 4 N–H and O–H groups in total. The van der Waals surface area contributed by atoms with Crippen molar-refractivity contribution in [2.75, 3.05) is 19.4 Å². The molecule has 0 bridgehead atoms. The molecule has 6 nitrogen and oxygen atoms in total. The number of nitrogens with one attached hydrogen (secondary N) is 2. The van der Waals surface area contributed by atoms with Gasteiger partial charge in [-0.1, -0.05) is 0 Å². The molecule has 1 amide bonds. The number of aliphatic imine (C=N–C) groups is 1. The standard InChI is InChI=1S/C10H12N4O2/c1-16-8-4-6(2-3-7(8)11)10-12-5-9(15)13-14-10/h2-4H,5,11H2,1H3,(H,12,14)(H,13,15). The third-order valence-electron chi connectivity index (χ3n) is 2.21. The van der Waals surface area contributed by atoms with E-state index in [1.807, 2.05) is 0 Å². The van der Waals surface area contributed by atoms with Crippen LogP contribution in [-0.2, 0) is 4.79 Å². The SMILES string of the molecule is COc1cc(C2=NCC(=O)NN2)ccc1N. The Balaban J connectivity index is 2.30. The van der Waals surface area contributed by atoms with E-state index in [-0.39, 0.29) is 12.5 Å². The van der Waals surface area contributed by atoms with Gasteiger partial charge in [-0.3, -0.25) is 20.6 Å². The van der Waals surface area contributed by atoms with Crippen molar-refractivity contribution < 1.29 is 9.53 Å². The number of carbonyl (C=O) groups is 1. The van der Waals surface area contributed by atoms with Gasteiger partial charge in [-0.05, 0) is 18.2 Å². The number of benzene rings is 1. The molecule has 0 atom stereocenters. The van der Waals surface area contributed by atoms with Gasteiger partial charge < -0.3 is 10.5 Å². The summed E-state index contributed by atoms with van der Waals surface area (Å²) < 4.78 is 5.10. The smallest absolute Gasteiger partial charge is 0.260 e. The fraction of sp³-hybridized carbons (Fsp3) is 0.200. The van der Waals surface area contributed by atoms with Gasteiger partial charge in [-0.15, -0.1) is 0 Å². The quantitative estimate of drug-likeness (QED) is 0.595. The molecule has 0 fully saturated rings. The van der Waals surface area contributed by atoms with Gasteiger partial charge >= 0.3 is 0 Å². The molecule has 0 aliphatic carbocycles. The maximum absolute atomic E-state index is 10.9. The second kappa shape index (κ2) is 4.09. The molecule has 1 aliphatic rings. The van der Waals surface area contributed by atoms with E-state index in [4.69, 9.17) is 10.5 Å². The van der Waals surface area contributed by atoms with Crippen molar-refractivity contribution in [1.29, 1.82) is 0 Å². The van der Waals surface area contributed by atoms with Crippen LogP contribution in [0.25, 0.3) is 0 Å². The lowest BCUT2D eigenvalue weighted by Gasteiger charge is -2.16. The Hall–Kier alpha value is -2.24. The van der Waals surface area contributed by atoms with E-state index in [2.05, 4.69) is 15.8 Å². The van der Waals surface area contributed by atoms with Gasteiger partial charge in [0.2, 0.25) is 0 Å². The summed E-state index contributed by atoms with van der Waals surface area (Å²) in [6, 6.07) is 5.30. The lowest BCUT2D eigenvalue weighted by molar-refractivity contribution is -0.120. The van der Waals surface area contributed by atoms with E-state index in [9.17, 15) is 4.79 Å². The lowest BCUT2D eigenvalue weighted by Crippen LogP contribution is -2.47. The number of nitrogens with zero attached hydrogens (tertiary/aromatic N) is 1. The number of carbonyl (C=O) groups excluding carboxylic acids is 1. The molecular formula is C10H12N4O2. The molecule has 1 aromatic rings. The molecule has 6 heteroatoms. The van der Waals surface area contributed by atoms with E-state index in [1.165, 1.54) is 0 Å². The summed E-state index contributed by atoms with van der Waals surface area (Å²) in [6.45, 7) is 0.120. The summed E-state index contributed by atoms with van der Waals surface area (Å²) >= 11 is 0. The van der Waals surface area contributed by atoms with Crippen LogP contribution >= 0.6 is 0 Å². The minimum Gasteiger partial charge on any atom is -0.495 e. The van der Waals surface area contributed by atoms with Crippen LogP contribution < -0.4 is 21.3 Å². The van der Waals surface area contributed by atoms with Gasteiger partial charge in [0, 0.05) is 5.56 Å². The van der Waals surface area contributed by atoms with Gasteiger partial charge in [0.15, 0.2) is 0 Å². The first-order valence-corrected chi connectivity index (χ1v) is 4.74. The number of ether oxygens (including phenoxy) is 1. The Labute approximate surface area is 92.5 Å². The number of hydrazine groups is 1. The number of nitrogens with two attached hydrogens (primary N) is 1. The van der Waals surface area contributed by atoms with E-state index >= 15 is 0 Å². The number of nitrogen functional groups attached to an aromatic ring is 1. The largest absolute Gasteiger partial charge is 0.495 e. The van der Waals surface area contributed by atoms with Crippen LogP contribution in [0.2, 0.25) is 0 Å². The predicted octanol–water partition coefficient (Wildman–Crippen LogP) is -0.342. The van der Waals surface area contributed by atoms with Crippen molar-refractivity contribution in [2.45, 2.75) is 0 Å². The second-order valence-corrected chi connectivity index (χ2v) is 3.29. The lowest BCUT2D eigenvalue weighted by atomic mass is 10.1. The third kappa shape index (κ3) is 1.90. The van der Waals surface area contributed by atoms with Crippen LogP contribution in [0.4, 0.5) is 5.69 Å². The number of hydrogen-bond donors (Lipinski definition) is 3. The zero-order chi connectivity index (χ0) is 11.5. The normalized spacial score (nSPS) is 14.8. The van der Waals surface area contributed by atoms with Crippen LogP contribution in [0, 0.1) is 0 Å². The van der Waals surface area contributed by atoms with Crippen molar-refractivity contribution in [3.63, 3.8) is 0 Å². The summed E-state index contributed by atoms with van der Waals surface area (Å²) in [5.41, 5.74) is 12.3. The van der Waals surface area contributed by atoms with Crippen molar-refractivity contribution >= 4 is 17.4 Å². The summed E-state index contributed by atoms with van der Waals surface area (Å²) in [6.07, 6.45) is 0. The molecule has 0 radical (unpaired) electrons. The first kappa shape index (κ1) is 10.3. The highest BCUT2D eigenvalue weighted by molar-refractivity contribution is 6.03. The monoisotopic (exact) mass is 220 g/mol. The Kier molecular flexibility index (Phi) is 2.63. The molecule has 1 aliphatic heterocycles. The van der Waals surface area contributed by atoms with Crippen LogP contribution in [0.5, 0.6) is 5.75 Å². The molecule has 16 heavy (non-hydrogen) atoms. The zero-order valence-electron chi connectivity index (χ0n) is 8.78. The fourth-order valence-electron chi connectivity index (χ4n) is 1.38. The number of methoxy groups -OCH3 is 1. The number of amidine groups is 1. The van der Waals surface area contributed by atoms with E-state index < -0.39 is 0 Å². The Morgan fingerprint density at radius 3 is 2.88 bits per heavy atom. The van der Waals surface area contributed by atoms with Crippen molar-refractivity contribution in [2.24, 2.45) is 4.99 Å². The summed E-state index contributed by atoms with van der Waals surface area (Å²) in [7, 11) is 1.55. The highest BCUT2D eigenvalue weighted by Gasteiger charge is 2.12. The van der Waals surface area contributed by atoms with Crippen molar-refractivity contribution in [1.82, 2.24) is 10.9 Å². The molecular weight excluding hydrogens is 208 g/mol. The summed E-state index contributed by atoms with van der Waals surface area (Å²) in [5.74, 6) is 1.02. The molecule has 0 saturated heterocycles. The number of anilines is 1. The van der Waals surface area contributed by atoms with Crippen LogP contribution in [0.3, 0.4) is 0 Å². The first-order valence-electron chi connectivity index (χ1n) is 4.74. The predicted molar refractivity (Wildman–Crippen MR) is 60.1 cm³/mol. The maximum atomic E-state index is 10.9. The molecule has 0 aromatic heterocycles. The van der Waals surface area contributed by atoms with Gasteiger partial charge in [0.05, 0.1) is 12.8 Å². The topological polar surface area (TPSA) is 88.7 Å². The molecule has 1 heterocycles. The highest BCUT2D eigenvalue weighted by Crippen LogP contribution is 2.22. The van der Waals surface area contributed by atoms with Gasteiger partial charge in [-0.25, -0.2) is 0 Å². The average Bonchev–Trinajstić information content (AvgIpc) is 2.31. The first-order chi connectivity index (χ1) is 7.70. The maximum Gasteiger partial charge on any atom is 0.260 e. The Bertz CT molecular complexity index is 456. The van der Waals surface area contributed by atoms with E-state index in [0.717, 1.165) is 5.56 Å². The van der Waals surface area contributed by atoms with Crippen molar-refractivity contribution in [3.8, 4) is 5.75 Å². The Morgan fingerprint density at radius 1 is 1.44 bits per heavy atom. The number of rotatable bonds is 2. The van der Waals surface area contributed by atoms with Gasteiger partial charge in [0.25, 0.3) is 5.91 Å². The average molecular weight is 220 g/mol. The third-order valence-corrected chi connectivity index (χ3v) is 2.21. The molecule has 0 unspecified atom stereocenters. The van der Waals surface area contributed by atoms with E-state index in [1.54, 1.807) is 25.3 Å². The minimum absolute atomic E-state index is 0.120. The number of hydrogen-bond acceptors (Lipinski definition) is 5. The molecule has 84 valence electrons. The summed E-state index contributed by atoms with van der Waals surface area (Å²) in [5, 5.41) is 0. The number of amides is 1. The molecule has 0 spiro atoms. The van der Waals surface area contributed by atoms with E-state index in [0.29, 0.717) is 17.3 Å².